The van der Waals surface area contributed by atoms with Gasteiger partial charge >= 0.3 is 0 Å². The van der Waals surface area contributed by atoms with Gasteiger partial charge in [-0.25, -0.2) is 15.4 Å². The maximum absolute atomic E-state index is 9.54. The molecule has 2 aliphatic heterocycles. The highest BCUT2D eigenvalue weighted by Gasteiger charge is 2.29. The molecule has 0 bridgehead atoms. The van der Waals surface area contributed by atoms with Gasteiger partial charge in [0.25, 0.3) is 0 Å². The average Bonchev–Trinajstić information content (AvgIpc) is 3.08. The van der Waals surface area contributed by atoms with E-state index in [1.807, 2.05) is 50.4 Å². The molecule has 2 aromatic rings. The van der Waals surface area contributed by atoms with Crippen LogP contribution in [0.1, 0.15) is 36.2 Å². The Kier molecular flexibility index (Phi) is 6.61. The minimum absolute atomic E-state index is 0.0100. The van der Waals surface area contributed by atoms with Crippen LogP contribution in [-0.4, -0.2) is 44.7 Å². The van der Waals surface area contributed by atoms with E-state index < -0.39 is 0 Å². The zero-order valence-electron chi connectivity index (χ0n) is 18.7. The Morgan fingerprint density at radius 2 is 2.16 bits per heavy atom. The SMILES string of the molecule is Cc1cccc(/C=N/Nc2nc3c(c(N[C@@H](C)CO)n2)CN(C2=NC=CC=CC2C)C3)c1. The Morgan fingerprint density at radius 1 is 1.28 bits per heavy atom. The van der Waals surface area contributed by atoms with Crippen molar-refractivity contribution in [1.82, 2.24) is 14.9 Å². The minimum Gasteiger partial charge on any atom is -0.394 e. The molecule has 32 heavy (non-hydrogen) atoms. The van der Waals surface area contributed by atoms with Gasteiger partial charge in [-0.2, -0.15) is 10.1 Å². The van der Waals surface area contributed by atoms with Gasteiger partial charge in [0.15, 0.2) is 0 Å². The van der Waals surface area contributed by atoms with Gasteiger partial charge < -0.3 is 15.3 Å². The molecule has 0 spiro atoms. The molecule has 1 unspecified atom stereocenters. The average molecular weight is 432 g/mol. The summed E-state index contributed by atoms with van der Waals surface area (Å²) in [5, 5.41) is 17.2. The van der Waals surface area contributed by atoms with E-state index in [-0.39, 0.29) is 18.6 Å². The molecule has 3 N–H and O–H groups in total. The summed E-state index contributed by atoms with van der Waals surface area (Å²) in [4.78, 5) is 16.2. The minimum atomic E-state index is -0.133. The Bertz CT molecular complexity index is 1090. The number of hydrogen-bond acceptors (Lipinski definition) is 8. The van der Waals surface area contributed by atoms with Gasteiger partial charge in [0.2, 0.25) is 5.95 Å². The number of hydrazone groups is 1. The monoisotopic (exact) mass is 431 g/mol. The fourth-order valence-electron chi connectivity index (χ4n) is 3.75. The molecular weight excluding hydrogens is 402 g/mol. The molecule has 4 rings (SSSR count). The van der Waals surface area contributed by atoms with Gasteiger partial charge in [-0.1, -0.05) is 48.9 Å². The van der Waals surface area contributed by atoms with Crippen LogP contribution >= 0.6 is 0 Å². The summed E-state index contributed by atoms with van der Waals surface area (Å²) in [6.45, 7) is 7.41. The van der Waals surface area contributed by atoms with Crippen molar-refractivity contribution in [3.8, 4) is 0 Å². The topological polar surface area (TPSA) is 98.0 Å². The fourth-order valence-corrected chi connectivity index (χ4v) is 3.75. The van der Waals surface area contributed by atoms with Crippen LogP contribution in [0.4, 0.5) is 11.8 Å². The van der Waals surface area contributed by atoms with Crippen molar-refractivity contribution in [2.24, 2.45) is 16.0 Å². The van der Waals surface area contributed by atoms with Crippen LogP contribution in [0, 0.1) is 12.8 Å². The number of aliphatic hydroxyl groups is 1. The number of aromatic nitrogens is 2. The van der Waals surface area contributed by atoms with Crippen molar-refractivity contribution in [2.75, 3.05) is 17.3 Å². The highest BCUT2D eigenvalue weighted by molar-refractivity contribution is 5.87. The lowest BCUT2D eigenvalue weighted by atomic mass is 10.1. The smallest absolute Gasteiger partial charge is 0.245 e. The van der Waals surface area contributed by atoms with Crippen molar-refractivity contribution in [3.05, 3.63) is 71.1 Å². The number of nitrogens with one attached hydrogen (secondary N) is 2. The number of hydrogen-bond donors (Lipinski definition) is 3. The number of anilines is 2. The first kappa shape index (κ1) is 21.7. The van der Waals surface area contributed by atoms with E-state index in [1.54, 1.807) is 6.21 Å². The fraction of sp³-hybridized carbons (Fsp3) is 0.333. The number of aliphatic hydroxyl groups excluding tert-OH is 1. The summed E-state index contributed by atoms with van der Waals surface area (Å²) in [5.74, 6) is 2.33. The zero-order valence-corrected chi connectivity index (χ0v) is 18.7. The van der Waals surface area contributed by atoms with Crippen molar-refractivity contribution in [1.29, 1.82) is 0 Å². The molecule has 2 aliphatic rings. The van der Waals surface area contributed by atoms with Gasteiger partial charge in [0, 0.05) is 23.7 Å². The van der Waals surface area contributed by atoms with Gasteiger partial charge in [0.05, 0.1) is 31.6 Å². The Labute approximate surface area is 188 Å². The summed E-state index contributed by atoms with van der Waals surface area (Å²) < 4.78 is 0. The van der Waals surface area contributed by atoms with E-state index in [1.165, 1.54) is 5.56 Å². The van der Waals surface area contributed by atoms with Gasteiger partial charge in [-0.3, -0.25) is 0 Å². The number of fused-ring (bicyclic) bond motifs is 1. The zero-order chi connectivity index (χ0) is 22.5. The summed E-state index contributed by atoms with van der Waals surface area (Å²) in [5.41, 5.74) is 7.08. The van der Waals surface area contributed by atoms with E-state index in [0.717, 1.165) is 22.7 Å². The van der Waals surface area contributed by atoms with Crippen molar-refractivity contribution >= 4 is 23.8 Å². The molecule has 1 aromatic heterocycles. The molecule has 0 saturated carbocycles. The third-order valence-electron chi connectivity index (χ3n) is 5.39. The summed E-state index contributed by atoms with van der Waals surface area (Å²) in [6, 6.07) is 7.96. The Morgan fingerprint density at radius 3 is 2.97 bits per heavy atom. The summed E-state index contributed by atoms with van der Waals surface area (Å²) in [6.07, 6.45) is 9.67. The van der Waals surface area contributed by atoms with E-state index in [4.69, 9.17) is 4.98 Å². The molecule has 0 amide bonds. The Hall–Kier alpha value is -3.52. The first-order valence-electron chi connectivity index (χ1n) is 10.8. The molecule has 0 radical (unpaired) electrons. The van der Waals surface area contributed by atoms with Crippen LogP contribution in [0.5, 0.6) is 0 Å². The predicted octanol–water partition coefficient (Wildman–Crippen LogP) is 3.46. The van der Waals surface area contributed by atoms with E-state index >= 15 is 0 Å². The molecule has 2 atom stereocenters. The Balaban J connectivity index is 1.58. The number of nitrogens with zero attached hydrogens (tertiary/aromatic N) is 5. The first-order valence-corrected chi connectivity index (χ1v) is 10.8. The van der Waals surface area contributed by atoms with E-state index in [2.05, 4.69) is 49.8 Å². The van der Waals surface area contributed by atoms with Crippen LogP contribution in [0.25, 0.3) is 0 Å². The van der Waals surface area contributed by atoms with Crippen LogP contribution in [-0.2, 0) is 13.1 Å². The number of allylic oxidation sites excluding steroid dienone is 2. The van der Waals surface area contributed by atoms with Crippen LogP contribution < -0.4 is 10.7 Å². The molecule has 8 heteroatoms. The lowest BCUT2D eigenvalue weighted by molar-refractivity contribution is 0.281. The van der Waals surface area contributed by atoms with Gasteiger partial charge in [0.1, 0.15) is 11.7 Å². The lowest BCUT2D eigenvalue weighted by Crippen LogP contribution is -2.30. The maximum atomic E-state index is 9.54. The molecule has 166 valence electrons. The maximum Gasteiger partial charge on any atom is 0.245 e. The van der Waals surface area contributed by atoms with Crippen LogP contribution in [0.3, 0.4) is 0 Å². The number of benzene rings is 1. The molecule has 8 nitrogen and oxygen atoms in total. The van der Waals surface area contributed by atoms with Gasteiger partial charge in [-0.05, 0) is 25.5 Å². The number of amidine groups is 1. The largest absolute Gasteiger partial charge is 0.394 e. The highest BCUT2D eigenvalue weighted by Crippen LogP contribution is 2.30. The molecule has 0 fully saturated rings. The molecular formula is C24H29N7O. The van der Waals surface area contributed by atoms with E-state index in [9.17, 15) is 5.11 Å². The van der Waals surface area contributed by atoms with E-state index in [0.29, 0.717) is 24.9 Å². The normalized spacial score (nSPS) is 18.4. The molecule has 0 saturated heterocycles. The number of aliphatic imine (C=N–C) groups is 1. The second-order valence-corrected chi connectivity index (χ2v) is 8.19. The van der Waals surface area contributed by atoms with Crippen LogP contribution in [0.2, 0.25) is 0 Å². The quantitative estimate of drug-likeness (QED) is 0.479. The second kappa shape index (κ2) is 9.74. The standard InChI is InChI=1S/C24H29N7O/c1-16-7-6-9-19(11-16)12-26-30-24-28-21-14-31(23-17(2)8-4-5-10-25-23)13-20(21)22(29-24)27-18(3)15-32/h4-12,17-18,32H,13-15H2,1-3H3,(H2,27,28,29,30)/b26-12+/t17?,18-/m0/s1. The van der Waals surface area contributed by atoms with Crippen molar-refractivity contribution < 1.29 is 5.11 Å². The van der Waals surface area contributed by atoms with Crippen molar-refractivity contribution in [3.63, 3.8) is 0 Å². The van der Waals surface area contributed by atoms with Crippen LogP contribution in [0.15, 0.2) is 58.8 Å². The molecule has 3 heterocycles. The second-order valence-electron chi connectivity index (χ2n) is 8.19. The number of aryl methyl sites for hydroxylation is 1. The summed E-state index contributed by atoms with van der Waals surface area (Å²) >= 11 is 0. The van der Waals surface area contributed by atoms with Gasteiger partial charge in [-0.15, -0.1) is 0 Å². The first-order chi connectivity index (χ1) is 15.5. The predicted molar refractivity (Wildman–Crippen MR) is 129 cm³/mol. The lowest BCUT2D eigenvalue weighted by Gasteiger charge is -2.22. The molecule has 1 aromatic carbocycles. The summed E-state index contributed by atoms with van der Waals surface area (Å²) in [7, 11) is 0. The third-order valence-corrected chi connectivity index (χ3v) is 5.39. The molecule has 0 aliphatic carbocycles. The number of rotatable bonds is 6. The highest BCUT2D eigenvalue weighted by atomic mass is 16.3. The third kappa shape index (κ3) is 5.03. The van der Waals surface area contributed by atoms with Crippen molar-refractivity contribution in [2.45, 2.75) is 39.9 Å².